The summed E-state index contributed by atoms with van der Waals surface area (Å²) in [6.07, 6.45) is 12.6. The molecule has 0 aliphatic carbocycles. The number of piperidine rings is 2. The van der Waals surface area contributed by atoms with E-state index in [-0.39, 0.29) is 56.1 Å². The minimum atomic E-state index is -5.10. The summed E-state index contributed by atoms with van der Waals surface area (Å²) in [5.41, 5.74) is 3.65. The Balaban J connectivity index is 0.000000247. The van der Waals surface area contributed by atoms with Crippen molar-refractivity contribution in [2.24, 2.45) is 0 Å². The van der Waals surface area contributed by atoms with Crippen LogP contribution in [0.25, 0.3) is 0 Å². The van der Waals surface area contributed by atoms with Crippen molar-refractivity contribution in [2.45, 2.75) is 207 Å². The van der Waals surface area contributed by atoms with E-state index >= 15 is 0 Å². The van der Waals surface area contributed by atoms with Crippen LogP contribution in [0.5, 0.6) is 0 Å². The van der Waals surface area contributed by atoms with Gasteiger partial charge in [0, 0.05) is 33.2 Å². The SMILES string of the molecule is CC(C)(C)OC(=O)N1CCC(ONC(=O)[C@@H]2CC[C@@H]3CN2C(=O)N3OS(=O)(=O)[O-])C1.CCCC[N+](CCCC)(CCCC)CCCC.CN1C(=O)N2C[C@H]1CC[C@H]2C(=O)NOC1CCN(C(=O)OC(C)(C)C)C1. The van der Waals surface area contributed by atoms with Crippen LogP contribution in [0, 0.1) is 0 Å². The first-order valence-corrected chi connectivity index (χ1v) is 28.1. The minimum Gasteiger partial charge on any atom is -0.724 e. The molecule has 6 aliphatic rings. The summed E-state index contributed by atoms with van der Waals surface area (Å²) in [6.45, 7) is 28.0. The third-order valence-electron chi connectivity index (χ3n) is 13.9. The molecule has 24 heteroatoms. The number of hydroxylamine groups is 4. The molecule has 8 amide bonds. The zero-order chi connectivity index (χ0) is 54.3. The molecule has 0 aromatic carbocycles. The van der Waals surface area contributed by atoms with Gasteiger partial charge in [0.1, 0.15) is 35.5 Å². The van der Waals surface area contributed by atoms with E-state index in [0.717, 1.165) is 11.3 Å². The van der Waals surface area contributed by atoms with Crippen molar-refractivity contribution in [1.82, 2.24) is 40.5 Å². The summed E-state index contributed by atoms with van der Waals surface area (Å²) in [7, 11) is -3.33. The highest BCUT2D eigenvalue weighted by molar-refractivity contribution is 7.80. The number of hydrogen-bond acceptors (Lipinski definition) is 14. The van der Waals surface area contributed by atoms with Gasteiger partial charge in [-0.3, -0.25) is 19.3 Å². The number of carbonyl (C=O) groups excluding carboxylic acids is 6. The predicted octanol–water partition coefficient (Wildman–Crippen LogP) is 5.65. The van der Waals surface area contributed by atoms with E-state index < -0.39 is 63.9 Å². The fraction of sp³-hybridized carbons (Fsp3) is 0.878. The van der Waals surface area contributed by atoms with Crippen molar-refractivity contribution in [3.8, 4) is 0 Å². The zero-order valence-electron chi connectivity index (χ0n) is 45.7. The van der Waals surface area contributed by atoms with Gasteiger partial charge in [0.2, 0.25) is 10.4 Å². The van der Waals surface area contributed by atoms with Crippen molar-refractivity contribution in [2.75, 3.05) is 72.5 Å². The first-order chi connectivity index (χ1) is 34.2. The van der Waals surface area contributed by atoms with Gasteiger partial charge in [0.05, 0.1) is 51.4 Å². The number of likely N-dealkylation sites (N-methyl/N-ethyl adjacent to an activating group) is 1. The van der Waals surface area contributed by atoms with Crippen molar-refractivity contribution in [1.29, 1.82) is 0 Å². The summed E-state index contributed by atoms with van der Waals surface area (Å²) >= 11 is 0. The number of unbranched alkanes of at least 4 members (excludes halogenated alkanes) is 4. The van der Waals surface area contributed by atoms with Crippen LogP contribution in [-0.4, -0.2) is 203 Å². The first-order valence-electron chi connectivity index (χ1n) is 26.7. The molecule has 73 heavy (non-hydrogen) atoms. The number of nitrogens with zero attached hydrogens (tertiary/aromatic N) is 7. The summed E-state index contributed by atoms with van der Waals surface area (Å²) in [6, 6.07) is -2.78. The average molecular weight is 1060 g/mol. The molecule has 0 aromatic heterocycles. The molecular formula is C49H89N9O14S. The number of ether oxygens (including phenoxy) is 2. The maximum atomic E-state index is 12.5. The molecule has 0 aromatic rings. The van der Waals surface area contributed by atoms with Gasteiger partial charge in [-0.15, -0.1) is 0 Å². The molecule has 0 radical (unpaired) electrons. The van der Waals surface area contributed by atoms with Crippen LogP contribution >= 0.6 is 0 Å². The summed E-state index contributed by atoms with van der Waals surface area (Å²) in [4.78, 5) is 92.0. The lowest BCUT2D eigenvalue weighted by Gasteiger charge is -2.39. The standard InChI is InChI=1S/C17H28N4O5.C16H26N4O9S.C16H36N/c1-17(2,3)25-16(24)20-8-7-12(10-20)26-18-14(22)13-6-5-11-9-21(13)15(23)19(11)4;1-16(2,3)27-15(23)18-7-6-11(9-18)28-17-13(21)12-5-4-10-8-19(12)14(22)20(10)29-30(24,25)26;1-5-9-13-17(14-10-6-2,15-11-7-3)16-12-8-4/h11-13H,5-10H2,1-4H3,(H,18,22);10-12H,4-9H2,1-3H3,(H,17,21)(H,24,25,26);5-16H2,1-4H3/q;;+1/p-1/t11-,12?,13+;10-,11?,12+;/m11./s1. The molecule has 420 valence electrons. The van der Waals surface area contributed by atoms with E-state index in [4.69, 9.17) is 19.1 Å². The second kappa shape index (κ2) is 27.5. The Morgan fingerprint density at radius 1 is 0.603 bits per heavy atom. The van der Waals surface area contributed by atoms with E-state index in [2.05, 4.69) is 42.9 Å². The van der Waals surface area contributed by atoms with Crippen molar-refractivity contribution >= 4 is 46.5 Å². The third kappa shape index (κ3) is 18.8. The molecule has 23 nitrogen and oxygen atoms in total. The highest BCUT2D eigenvalue weighted by atomic mass is 32.3. The number of carbonyl (C=O) groups is 6. The molecule has 6 aliphatic heterocycles. The molecule has 2 unspecified atom stereocenters. The van der Waals surface area contributed by atoms with E-state index in [0.29, 0.717) is 50.5 Å². The van der Waals surface area contributed by atoms with E-state index in [1.807, 2.05) is 20.8 Å². The van der Waals surface area contributed by atoms with Gasteiger partial charge in [-0.25, -0.2) is 38.6 Å². The molecule has 6 heterocycles. The van der Waals surface area contributed by atoms with Gasteiger partial charge in [-0.1, -0.05) is 53.4 Å². The molecule has 6 saturated heterocycles. The van der Waals surface area contributed by atoms with Gasteiger partial charge in [0.25, 0.3) is 11.8 Å². The quantitative estimate of drug-likeness (QED) is 0.0648. The lowest BCUT2D eigenvalue weighted by molar-refractivity contribution is -0.929. The fourth-order valence-electron chi connectivity index (χ4n) is 9.91. The molecule has 6 rings (SSSR count). The molecule has 4 bridgehead atoms. The zero-order valence-corrected chi connectivity index (χ0v) is 46.5. The van der Waals surface area contributed by atoms with E-state index in [1.54, 1.807) is 42.5 Å². The van der Waals surface area contributed by atoms with E-state index in [1.165, 1.54) is 86.9 Å². The van der Waals surface area contributed by atoms with Crippen LogP contribution < -0.4 is 11.0 Å². The fourth-order valence-corrected chi connectivity index (χ4v) is 10.3. The van der Waals surface area contributed by atoms with E-state index in [9.17, 15) is 41.7 Å². The lowest BCUT2D eigenvalue weighted by atomic mass is 10.0. The topological polar surface area (TPSA) is 249 Å². The molecule has 0 saturated carbocycles. The number of fused-ring (bicyclic) bond motifs is 4. The molecule has 6 fully saturated rings. The van der Waals surface area contributed by atoms with Crippen molar-refractivity contribution in [3.63, 3.8) is 0 Å². The molecule has 6 atom stereocenters. The number of nitrogens with one attached hydrogen (secondary N) is 2. The molecule has 2 N–H and O–H groups in total. The maximum absolute atomic E-state index is 12.5. The van der Waals surface area contributed by atoms with Gasteiger partial charge < -0.3 is 43.0 Å². The van der Waals surface area contributed by atoms with Gasteiger partial charge >= 0.3 is 24.2 Å². The Kier molecular flexibility index (Phi) is 23.1. The lowest BCUT2D eigenvalue weighted by Crippen LogP contribution is -2.50. The highest BCUT2D eigenvalue weighted by Crippen LogP contribution is 2.32. The Morgan fingerprint density at radius 2 is 0.986 bits per heavy atom. The van der Waals surface area contributed by atoms with Crippen LogP contribution in [0.2, 0.25) is 0 Å². The third-order valence-corrected chi connectivity index (χ3v) is 14.3. The highest BCUT2D eigenvalue weighted by Gasteiger charge is 2.49. The number of hydrogen-bond donors (Lipinski definition) is 2. The van der Waals surface area contributed by atoms with Gasteiger partial charge in [-0.2, -0.15) is 9.35 Å². The number of quaternary nitrogens is 1. The van der Waals surface area contributed by atoms with Crippen molar-refractivity contribution in [3.05, 3.63) is 0 Å². The second-order valence-electron chi connectivity index (χ2n) is 22.3. The minimum absolute atomic E-state index is 0.0578. The van der Waals surface area contributed by atoms with Gasteiger partial charge in [-0.05, 0) is 106 Å². The Hall–Kier alpha value is -4.23. The first kappa shape index (κ1) is 61.3. The number of urea groups is 2. The molecular weight excluding hydrogens is 971 g/mol. The normalized spacial score (nSPS) is 24.0. The van der Waals surface area contributed by atoms with Crippen molar-refractivity contribution < 1.29 is 69.7 Å². The van der Waals surface area contributed by atoms with Gasteiger partial charge in [0.15, 0.2) is 0 Å². The number of amides is 8. The smallest absolute Gasteiger partial charge is 0.410 e. The van der Waals surface area contributed by atoms with Crippen LogP contribution in [0.1, 0.15) is 159 Å². The van der Waals surface area contributed by atoms with Crippen LogP contribution in [0.3, 0.4) is 0 Å². The Morgan fingerprint density at radius 3 is 1.37 bits per heavy atom. The van der Waals surface area contributed by atoms with Crippen LogP contribution in [0.4, 0.5) is 19.2 Å². The predicted molar refractivity (Wildman–Crippen MR) is 268 cm³/mol. The number of likely N-dealkylation sites (tertiary alicyclic amines) is 2. The maximum Gasteiger partial charge on any atom is 0.410 e. The Labute approximate surface area is 434 Å². The van der Waals surface area contributed by atoms with Crippen LogP contribution in [0.15, 0.2) is 0 Å². The summed E-state index contributed by atoms with van der Waals surface area (Å²) < 4.78 is 48.7. The van der Waals surface area contributed by atoms with Crippen LogP contribution in [-0.2, 0) is 43.4 Å². The number of rotatable bonds is 20. The Bertz CT molecular complexity index is 1910. The largest absolute Gasteiger partial charge is 0.724 e. The average Bonchev–Trinajstić information content (AvgIpc) is 4.10. The molecule has 0 spiro atoms. The summed E-state index contributed by atoms with van der Waals surface area (Å²) in [5, 5.41) is 0.506. The second-order valence-corrected chi connectivity index (χ2v) is 23.2. The monoisotopic (exact) mass is 1060 g/mol. The summed E-state index contributed by atoms with van der Waals surface area (Å²) in [5.74, 6) is -0.882.